The fourth-order valence-electron chi connectivity index (χ4n) is 2.55. The molecule has 0 aromatic rings. The Morgan fingerprint density at radius 3 is 2.62 bits per heavy atom. The molecule has 1 atom stereocenters. The third-order valence-corrected chi connectivity index (χ3v) is 3.25. The maximum Gasteiger partial charge on any atom is 0.0742 e. The average Bonchev–Trinajstić information content (AvgIpc) is 2.67. The van der Waals surface area contributed by atoms with Crippen molar-refractivity contribution in [2.24, 2.45) is 5.16 Å². The molecule has 1 aliphatic heterocycles. The first-order valence-electron chi connectivity index (χ1n) is 5.36. The molecule has 0 spiro atoms. The van der Waals surface area contributed by atoms with Gasteiger partial charge in [-0.1, -0.05) is 11.6 Å². The molecule has 3 nitrogen and oxygen atoms in total. The lowest BCUT2D eigenvalue weighted by Crippen LogP contribution is -2.41. The van der Waals surface area contributed by atoms with E-state index in [1.807, 2.05) is 0 Å². The van der Waals surface area contributed by atoms with E-state index in [1.54, 1.807) is 0 Å². The largest absolute Gasteiger partial charge is 0.411 e. The first kappa shape index (κ1) is 9.00. The molecule has 0 amide bonds. The maximum absolute atomic E-state index is 8.83. The predicted octanol–water partition coefficient (Wildman–Crippen LogP) is 1.85. The van der Waals surface area contributed by atoms with Crippen LogP contribution in [0, 0.1) is 0 Å². The zero-order chi connectivity index (χ0) is 9.10. The molecule has 3 heteroatoms. The molecule has 1 aliphatic carbocycles. The second kappa shape index (κ2) is 4.09. The number of hydrogen-bond donors (Lipinski definition) is 1. The van der Waals surface area contributed by atoms with E-state index in [9.17, 15) is 0 Å². The molecule has 0 aromatic carbocycles. The molecular formula is C10H18N2O. The molecule has 2 aliphatic rings. The van der Waals surface area contributed by atoms with Gasteiger partial charge >= 0.3 is 0 Å². The topological polar surface area (TPSA) is 35.8 Å². The van der Waals surface area contributed by atoms with Gasteiger partial charge in [-0.3, -0.25) is 4.90 Å². The van der Waals surface area contributed by atoms with Crippen LogP contribution in [0.2, 0.25) is 0 Å². The zero-order valence-electron chi connectivity index (χ0n) is 8.08. The summed E-state index contributed by atoms with van der Waals surface area (Å²) in [6.07, 6.45) is 7.39. The summed E-state index contributed by atoms with van der Waals surface area (Å²) in [6, 6.07) is 0.463. The third-order valence-electron chi connectivity index (χ3n) is 3.25. The summed E-state index contributed by atoms with van der Waals surface area (Å²) in [5.74, 6) is 0. The summed E-state index contributed by atoms with van der Waals surface area (Å²) in [5.41, 5.74) is 1.02. The minimum absolute atomic E-state index is 0.463. The van der Waals surface area contributed by atoms with E-state index in [0.717, 1.165) is 12.1 Å². The minimum Gasteiger partial charge on any atom is -0.411 e. The van der Waals surface area contributed by atoms with E-state index in [0.29, 0.717) is 6.04 Å². The van der Waals surface area contributed by atoms with Crippen molar-refractivity contribution < 1.29 is 5.21 Å². The van der Waals surface area contributed by atoms with Crippen LogP contribution in [0.4, 0.5) is 0 Å². The lowest BCUT2D eigenvalue weighted by Gasteiger charge is -2.31. The zero-order valence-corrected chi connectivity index (χ0v) is 8.08. The molecular weight excluding hydrogens is 164 g/mol. The van der Waals surface area contributed by atoms with E-state index >= 15 is 0 Å². The van der Waals surface area contributed by atoms with E-state index in [-0.39, 0.29) is 0 Å². The van der Waals surface area contributed by atoms with Crippen LogP contribution in [0.15, 0.2) is 5.16 Å². The molecule has 2 rings (SSSR count). The summed E-state index contributed by atoms with van der Waals surface area (Å²) in [7, 11) is 0. The fraction of sp³-hybridized carbons (Fsp3) is 0.900. The Kier molecular flexibility index (Phi) is 2.83. The molecule has 1 N–H and O–H groups in total. The highest BCUT2D eigenvalue weighted by Gasteiger charge is 2.29. The Morgan fingerprint density at radius 2 is 1.92 bits per heavy atom. The van der Waals surface area contributed by atoms with Gasteiger partial charge in [-0.2, -0.15) is 0 Å². The van der Waals surface area contributed by atoms with Crippen molar-refractivity contribution in [1.29, 1.82) is 0 Å². The lowest BCUT2D eigenvalue weighted by molar-refractivity contribution is 0.197. The Morgan fingerprint density at radius 1 is 1.15 bits per heavy atom. The molecule has 74 valence electrons. The van der Waals surface area contributed by atoms with E-state index in [2.05, 4.69) is 10.1 Å². The molecule has 13 heavy (non-hydrogen) atoms. The molecule has 0 radical (unpaired) electrons. The quantitative estimate of drug-likeness (QED) is 0.496. The van der Waals surface area contributed by atoms with Crippen molar-refractivity contribution in [3.63, 3.8) is 0 Å². The summed E-state index contributed by atoms with van der Waals surface area (Å²) < 4.78 is 0. The Labute approximate surface area is 79.4 Å². The van der Waals surface area contributed by atoms with E-state index in [1.165, 1.54) is 45.2 Å². The number of oxime groups is 1. The first-order chi connectivity index (χ1) is 6.42. The van der Waals surface area contributed by atoms with Crippen LogP contribution in [0.5, 0.6) is 0 Å². The second-order valence-electron chi connectivity index (χ2n) is 4.10. The molecule has 0 bridgehead atoms. The number of nitrogens with zero attached hydrogens (tertiary/aromatic N) is 2. The molecule has 1 unspecified atom stereocenters. The van der Waals surface area contributed by atoms with Gasteiger partial charge in [-0.25, -0.2) is 0 Å². The molecule has 1 saturated carbocycles. The van der Waals surface area contributed by atoms with Crippen LogP contribution in [-0.4, -0.2) is 35.0 Å². The van der Waals surface area contributed by atoms with Gasteiger partial charge < -0.3 is 5.21 Å². The number of likely N-dealkylation sites (tertiary alicyclic amines) is 1. The molecule has 1 saturated heterocycles. The van der Waals surface area contributed by atoms with Crippen molar-refractivity contribution in [1.82, 2.24) is 4.90 Å². The highest BCUT2D eigenvalue weighted by Crippen LogP contribution is 2.24. The van der Waals surface area contributed by atoms with Gasteiger partial charge in [0.2, 0.25) is 0 Å². The van der Waals surface area contributed by atoms with Crippen LogP contribution < -0.4 is 0 Å². The van der Waals surface area contributed by atoms with Gasteiger partial charge in [0.05, 0.1) is 11.8 Å². The van der Waals surface area contributed by atoms with Gasteiger partial charge in [0, 0.05) is 0 Å². The summed E-state index contributed by atoms with van der Waals surface area (Å²) >= 11 is 0. The van der Waals surface area contributed by atoms with Crippen LogP contribution in [-0.2, 0) is 0 Å². The average molecular weight is 182 g/mol. The highest BCUT2D eigenvalue weighted by atomic mass is 16.4. The summed E-state index contributed by atoms with van der Waals surface area (Å²) in [4.78, 5) is 2.49. The van der Waals surface area contributed by atoms with Crippen LogP contribution >= 0.6 is 0 Å². The normalized spacial score (nSPS) is 34.2. The van der Waals surface area contributed by atoms with Gasteiger partial charge in [0.15, 0.2) is 0 Å². The fourth-order valence-corrected chi connectivity index (χ4v) is 2.55. The summed E-state index contributed by atoms with van der Waals surface area (Å²) in [6.45, 7) is 2.40. The highest BCUT2D eigenvalue weighted by molar-refractivity contribution is 5.90. The van der Waals surface area contributed by atoms with Crippen LogP contribution in [0.25, 0.3) is 0 Å². The predicted molar refractivity (Wildman–Crippen MR) is 52.3 cm³/mol. The van der Waals surface area contributed by atoms with Gasteiger partial charge in [0.25, 0.3) is 0 Å². The minimum atomic E-state index is 0.463. The van der Waals surface area contributed by atoms with Crippen molar-refractivity contribution in [3.8, 4) is 0 Å². The SMILES string of the molecule is O/N=C1\CCCC1N1CCCCC1. The Balaban J connectivity index is 1.98. The monoisotopic (exact) mass is 182 g/mol. The van der Waals surface area contributed by atoms with Crippen LogP contribution in [0.1, 0.15) is 38.5 Å². The molecule has 2 fully saturated rings. The number of piperidine rings is 1. The summed E-state index contributed by atoms with van der Waals surface area (Å²) in [5, 5.41) is 12.2. The number of hydrogen-bond acceptors (Lipinski definition) is 3. The molecule has 0 aromatic heterocycles. The maximum atomic E-state index is 8.83. The Bertz CT molecular complexity index is 197. The van der Waals surface area contributed by atoms with Crippen molar-refractivity contribution in [2.75, 3.05) is 13.1 Å². The van der Waals surface area contributed by atoms with Crippen molar-refractivity contribution in [2.45, 2.75) is 44.6 Å². The van der Waals surface area contributed by atoms with Crippen molar-refractivity contribution in [3.05, 3.63) is 0 Å². The van der Waals surface area contributed by atoms with E-state index in [4.69, 9.17) is 5.21 Å². The first-order valence-corrected chi connectivity index (χ1v) is 5.36. The molecule has 1 heterocycles. The van der Waals surface area contributed by atoms with Gasteiger partial charge in [-0.15, -0.1) is 0 Å². The van der Waals surface area contributed by atoms with Crippen molar-refractivity contribution >= 4 is 5.71 Å². The van der Waals surface area contributed by atoms with Gasteiger partial charge in [-0.05, 0) is 45.2 Å². The van der Waals surface area contributed by atoms with Crippen LogP contribution in [0.3, 0.4) is 0 Å². The third kappa shape index (κ3) is 1.85. The standard InChI is InChI=1S/C10H18N2O/c13-11-9-5-4-6-10(9)12-7-2-1-3-8-12/h10,13H,1-8H2/b11-9+. The smallest absolute Gasteiger partial charge is 0.0742 e. The number of rotatable bonds is 1. The van der Waals surface area contributed by atoms with E-state index < -0.39 is 0 Å². The van der Waals surface area contributed by atoms with Gasteiger partial charge in [0.1, 0.15) is 0 Å². The lowest BCUT2D eigenvalue weighted by atomic mass is 10.1. The second-order valence-corrected chi connectivity index (χ2v) is 4.10. The Hall–Kier alpha value is -0.570.